The molecule has 0 fully saturated rings. The van der Waals surface area contributed by atoms with Crippen LogP contribution >= 0.6 is 11.6 Å². The van der Waals surface area contributed by atoms with Gasteiger partial charge in [-0.05, 0) is 36.2 Å². The lowest BCUT2D eigenvalue weighted by Crippen LogP contribution is -1.91. The van der Waals surface area contributed by atoms with Crippen molar-refractivity contribution < 1.29 is 8.78 Å². The zero-order valence-corrected chi connectivity index (χ0v) is 9.75. The monoisotopic (exact) mass is 254 g/mol. The van der Waals surface area contributed by atoms with Gasteiger partial charge >= 0.3 is 0 Å². The van der Waals surface area contributed by atoms with Crippen LogP contribution in [-0.2, 0) is 0 Å². The zero-order chi connectivity index (χ0) is 12.4. The Hall–Kier alpha value is -1.55. The zero-order valence-electron chi connectivity index (χ0n) is 8.99. The number of nitrogens with zero attached hydrogens (tertiary/aromatic N) is 2. The maximum Gasteiger partial charge on any atom is 0.280 e. The third-order valence-corrected chi connectivity index (χ3v) is 2.75. The average Bonchev–Trinajstić information content (AvgIpc) is 2.33. The Morgan fingerprint density at radius 3 is 2.59 bits per heavy atom. The van der Waals surface area contributed by atoms with Gasteiger partial charge in [-0.1, -0.05) is 11.6 Å². The van der Waals surface area contributed by atoms with E-state index in [9.17, 15) is 8.78 Å². The largest absolute Gasteiger partial charge is 0.280 e. The van der Waals surface area contributed by atoms with Crippen molar-refractivity contribution >= 4 is 11.6 Å². The summed E-state index contributed by atoms with van der Waals surface area (Å²) in [5.41, 5.74) is 1.97. The van der Waals surface area contributed by atoms with Crippen LogP contribution in [0.25, 0.3) is 11.1 Å². The SMILES string of the molecule is Cc1cc(-c2ccnc(C(F)F)c2)cnc1Cl. The molecule has 88 valence electrons. The van der Waals surface area contributed by atoms with Gasteiger partial charge in [-0.2, -0.15) is 0 Å². The van der Waals surface area contributed by atoms with E-state index >= 15 is 0 Å². The summed E-state index contributed by atoms with van der Waals surface area (Å²) < 4.78 is 25.0. The van der Waals surface area contributed by atoms with Crippen molar-refractivity contribution in [3.8, 4) is 11.1 Å². The molecule has 17 heavy (non-hydrogen) atoms. The van der Waals surface area contributed by atoms with E-state index in [1.165, 1.54) is 12.3 Å². The Labute approximate surface area is 102 Å². The van der Waals surface area contributed by atoms with Gasteiger partial charge < -0.3 is 0 Å². The number of rotatable bonds is 2. The standard InChI is InChI=1S/C12H9ClF2N2/c1-7-4-9(6-17-11(7)13)8-2-3-16-10(5-8)12(14)15/h2-6,12H,1H3. The van der Waals surface area contributed by atoms with Gasteiger partial charge in [0.2, 0.25) is 0 Å². The summed E-state index contributed by atoms with van der Waals surface area (Å²) in [7, 11) is 0. The fourth-order valence-corrected chi connectivity index (χ4v) is 1.57. The fourth-order valence-electron chi connectivity index (χ4n) is 1.46. The minimum atomic E-state index is -2.57. The smallest absolute Gasteiger partial charge is 0.255 e. The maximum atomic E-state index is 12.5. The van der Waals surface area contributed by atoms with Gasteiger partial charge in [-0.15, -0.1) is 0 Å². The summed E-state index contributed by atoms with van der Waals surface area (Å²) in [6, 6.07) is 4.82. The number of hydrogen-bond acceptors (Lipinski definition) is 2. The van der Waals surface area contributed by atoms with Crippen LogP contribution in [0.2, 0.25) is 5.15 Å². The maximum absolute atomic E-state index is 12.5. The van der Waals surface area contributed by atoms with Gasteiger partial charge in [0.1, 0.15) is 10.8 Å². The minimum Gasteiger partial charge on any atom is -0.255 e. The second-order valence-electron chi connectivity index (χ2n) is 3.60. The normalized spacial score (nSPS) is 10.9. The van der Waals surface area contributed by atoms with Gasteiger partial charge in [0.05, 0.1) is 0 Å². The van der Waals surface area contributed by atoms with Crippen LogP contribution < -0.4 is 0 Å². The quantitative estimate of drug-likeness (QED) is 0.756. The first kappa shape index (κ1) is 11.9. The highest BCUT2D eigenvalue weighted by molar-refractivity contribution is 6.30. The van der Waals surface area contributed by atoms with Crippen LogP contribution in [0.15, 0.2) is 30.6 Å². The number of pyridine rings is 2. The van der Waals surface area contributed by atoms with E-state index in [4.69, 9.17) is 11.6 Å². The molecule has 2 heterocycles. The molecule has 0 aliphatic carbocycles. The lowest BCUT2D eigenvalue weighted by atomic mass is 10.1. The molecule has 0 N–H and O–H groups in total. The molecule has 0 aliphatic rings. The predicted molar refractivity (Wildman–Crippen MR) is 62.2 cm³/mol. The lowest BCUT2D eigenvalue weighted by Gasteiger charge is -2.05. The van der Waals surface area contributed by atoms with E-state index < -0.39 is 6.43 Å². The summed E-state index contributed by atoms with van der Waals surface area (Å²) >= 11 is 5.81. The molecule has 0 aliphatic heterocycles. The summed E-state index contributed by atoms with van der Waals surface area (Å²) in [6.07, 6.45) is 0.344. The molecular formula is C12H9ClF2N2. The first-order valence-corrected chi connectivity index (χ1v) is 5.32. The van der Waals surface area contributed by atoms with E-state index in [1.807, 2.05) is 6.92 Å². The van der Waals surface area contributed by atoms with Crippen molar-refractivity contribution in [1.82, 2.24) is 9.97 Å². The number of aromatic nitrogens is 2. The Morgan fingerprint density at radius 2 is 1.94 bits per heavy atom. The van der Waals surface area contributed by atoms with Crippen LogP contribution in [0.4, 0.5) is 8.78 Å². The highest BCUT2D eigenvalue weighted by atomic mass is 35.5. The van der Waals surface area contributed by atoms with Crippen LogP contribution in [0.3, 0.4) is 0 Å². The molecule has 0 bridgehead atoms. The van der Waals surface area contributed by atoms with E-state index in [0.717, 1.165) is 11.1 Å². The molecular weight excluding hydrogens is 246 g/mol. The van der Waals surface area contributed by atoms with Crippen LogP contribution in [0.1, 0.15) is 17.7 Å². The van der Waals surface area contributed by atoms with Crippen molar-refractivity contribution in [2.75, 3.05) is 0 Å². The van der Waals surface area contributed by atoms with Gasteiger partial charge in [-0.3, -0.25) is 4.98 Å². The molecule has 0 aromatic carbocycles. The molecule has 0 saturated carbocycles. The van der Waals surface area contributed by atoms with Crippen molar-refractivity contribution in [3.63, 3.8) is 0 Å². The molecule has 0 atom stereocenters. The summed E-state index contributed by atoms with van der Waals surface area (Å²) in [5, 5.41) is 0.414. The second kappa shape index (κ2) is 4.75. The molecule has 0 spiro atoms. The third kappa shape index (κ3) is 2.58. The van der Waals surface area contributed by atoms with E-state index in [2.05, 4.69) is 9.97 Å². The second-order valence-corrected chi connectivity index (χ2v) is 3.96. The Balaban J connectivity index is 2.45. The first-order chi connectivity index (χ1) is 8.08. The third-order valence-electron chi connectivity index (χ3n) is 2.35. The van der Waals surface area contributed by atoms with Crippen LogP contribution in [0, 0.1) is 6.92 Å². The number of alkyl halides is 2. The Kier molecular flexibility index (Phi) is 3.33. The lowest BCUT2D eigenvalue weighted by molar-refractivity contribution is 0.146. The molecule has 0 unspecified atom stereocenters. The van der Waals surface area contributed by atoms with Crippen molar-refractivity contribution in [2.24, 2.45) is 0 Å². The fraction of sp³-hybridized carbons (Fsp3) is 0.167. The van der Waals surface area contributed by atoms with Gasteiger partial charge in [-0.25, -0.2) is 13.8 Å². The molecule has 0 radical (unpaired) electrons. The average molecular weight is 255 g/mol. The molecule has 2 aromatic heterocycles. The first-order valence-electron chi connectivity index (χ1n) is 4.94. The van der Waals surface area contributed by atoms with Crippen molar-refractivity contribution in [2.45, 2.75) is 13.3 Å². The molecule has 2 aromatic rings. The predicted octanol–water partition coefficient (Wildman–Crippen LogP) is 4.04. The highest BCUT2D eigenvalue weighted by Gasteiger charge is 2.10. The minimum absolute atomic E-state index is 0.241. The van der Waals surface area contributed by atoms with Gasteiger partial charge in [0.25, 0.3) is 6.43 Å². The van der Waals surface area contributed by atoms with Crippen molar-refractivity contribution in [1.29, 1.82) is 0 Å². The molecule has 2 nitrogen and oxygen atoms in total. The van der Waals surface area contributed by atoms with Crippen molar-refractivity contribution in [3.05, 3.63) is 47.0 Å². The molecule has 2 rings (SSSR count). The van der Waals surface area contributed by atoms with Crippen LogP contribution in [0.5, 0.6) is 0 Å². The molecule has 0 saturated heterocycles. The Morgan fingerprint density at radius 1 is 1.18 bits per heavy atom. The Bertz CT molecular complexity index is 544. The molecule has 0 amide bonds. The van der Waals surface area contributed by atoms with Crippen LogP contribution in [-0.4, -0.2) is 9.97 Å². The van der Waals surface area contributed by atoms with E-state index in [-0.39, 0.29) is 5.69 Å². The van der Waals surface area contributed by atoms with Gasteiger partial charge in [0, 0.05) is 18.0 Å². The summed E-state index contributed by atoms with van der Waals surface area (Å²) in [4.78, 5) is 7.59. The van der Waals surface area contributed by atoms with Gasteiger partial charge in [0.15, 0.2) is 0 Å². The molecule has 5 heteroatoms. The summed E-state index contributed by atoms with van der Waals surface area (Å²) in [5.74, 6) is 0. The topological polar surface area (TPSA) is 25.8 Å². The number of halogens is 3. The van der Waals surface area contributed by atoms with E-state index in [0.29, 0.717) is 10.7 Å². The summed E-state index contributed by atoms with van der Waals surface area (Å²) in [6.45, 7) is 1.81. The number of aryl methyl sites for hydroxylation is 1. The highest BCUT2D eigenvalue weighted by Crippen LogP contribution is 2.25. The van der Waals surface area contributed by atoms with E-state index in [1.54, 1.807) is 18.3 Å². The number of hydrogen-bond donors (Lipinski definition) is 0.